The summed E-state index contributed by atoms with van der Waals surface area (Å²) in [6.07, 6.45) is 5.63. The molecule has 0 saturated carbocycles. The Bertz CT molecular complexity index is 548. The second-order valence-electron chi connectivity index (χ2n) is 3.91. The number of rotatable bonds is 7. The van der Waals surface area contributed by atoms with Gasteiger partial charge in [0.2, 0.25) is 0 Å². The molecule has 2 aromatic heterocycles. The van der Waals surface area contributed by atoms with Crippen LogP contribution in [0.15, 0.2) is 23.4 Å². The second-order valence-corrected chi connectivity index (χ2v) is 3.91. The zero-order valence-corrected chi connectivity index (χ0v) is 10.4. The predicted molar refractivity (Wildman–Crippen MR) is 66.6 cm³/mol. The Labute approximate surface area is 104 Å². The third-order valence-electron chi connectivity index (χ3n) is 2.60. The fourth-order valence-electron chi connectivity index (χ4n) is 1.68. The first kappa shape index (κ1) is 12.7. The average molecular weight is 251 g/mol. The molecule has 2 heterocycles. The van der Waals surface area contributed by atoms with Crippen LogP contribution in [0.1, 0.15) is 6.42 Å². The van der Waals surface area contributed by atoms with Crippen molar-refractivity contribution >= 4 is 5.65 Å². The van der Waals surface area contributed by atoms with Crippen LogP contribution in [0.4, 0.5) is 0 Å². The van der Waals surface area contributed by atoms with Crippen molar-refractivity contribution < 1.29 is 4.74 Å². The quantitative estimate of drug-likeness (QED) is 0.673. The van der Waals surface area contributed by atoms with E-state index in [-0.39, 0.29) is 5.69 Å². The van der Waals surface area contributed by atoms with Gasteiger partial charge in [-0.25, -0.2) is 13.9 Å². The fourth-order valence-corrected chi connectivity index (χ4v) is 1.68. The molecule has 18 heavy (non-hydrogen) atoms. The molecule has 7 heteroatoms. The summed E-state index contributed by atoms with van der Waals surface area (Å²) in [6.45, 7) is 2.95. The van der Waals surface area contributed by atoms with Crippen LogP contribution in [0.3, 0.4) is 0 Å². The molecule has 7 nitrogen and oxygen atoms in total. The molecule has 0 unspecified atom stereocenters. The van der Waals surface area contributed by atoms with Crippen LogP contribution in [0, 0.1) is 0 Å². The van der Waals surface area contributed by atoms with Crippen molar-refractivity contribution in [3.63, 3.8) is 0 Å². The van der Waals surface area contributed by atoms with Crippen LogP contribution < -0.4 is 11.0 Å². The Morgan fingerprint density at radius 3 is 3.11 bits per heavy atom. The predicted octanol–water partition coefficient (Wildman–Crippen LogP) is -0.483. The van der Waals surface area contributed by atoms with E-state index in [1.807, 2.05) is 0 Å². The van der Waals surface area contributed by atoms with Crippen molar-refractivity contribution in [3.8, 4) is 0 Å². The zero-order chi connectivity index (χ0) is 12.8. The molecule has 0 atom stereocenters. The summed E-state index contributed by atoms with van der Waals surface area (Å²) in [5, 5.41) is 7.42. The molecule has 98 valence electrons. The molecular formula is C11H17N5O2. The number of nitrogens with one attached hydrogen (secondary N) is 1. The molecule has 0 spiro atoms. The van der Waals surface area contributed by atoms with Crippen molar-refractivity contribution in [2.24, 2.45) is 0 Å². The Morgan fingerprint density at radius 2 is 2.33 bits per heavy atom. The van der Waals surface area contributed by atoms with Gasteiger partial charge in [-0.05, 0) is 13.0 Å². The SMILES string of the molecule is COCCNCCCn1nc2cnccn2c1=O. The highest BCUT2D eigenvalue weighted by Crippen LogP contribution is 1.93. The van der Waals surface area contributed by atoms with Crippen LogP contribution in [-0.4, -0.2) is 46.0 Å². The lowest BCUT2D eigenvalue weighted by molar-refractivity contribution is 0.199. The highest BCUT2D eigenvalue weighted by atomic mass is 16.5. The van der Waals surface area contributed by atoms with Crippen LogP contribution >= 0.6 is 0 Å². The second kappa shape index (κ2) is 6.27. The fraction of sp³-hybridized carbons (Fsp3) is 0.545. The summed E-state index contributed by atoms with van der Waals surface area (Å²) in [4.78, 5) is 15.8. The highest BCUT2D eigenvalue weighted by Gasteiger charge is 2.05. The molecule has 0 radical (unpaired) electrons. The number of hydrogen-bond donors (Lipinski definition) is 1. The third kappa shape index (κ3) is 2.93. The highest BCUT2D eigenvalue weighted by molar-refractivity contribution is 5.31. The van der Waals surface area contributed by atoms with Gasteiger partial charge in [0.25, 0.3) is 0 Å². The maximum Gasteiger partial charge on any atom is 0.350 e. The number of aryl methyl sites for hydroxylation is 1. The van der Waals surface area contributed by atoms with E-state index in [9.17, 15) is 4.79 Å². The monoisotopic (exact) mass is 251 g/mol. The van der Waals surface area contributed by atoms with Gasteiger partial charge in [0.05, 0.1) is 12.8 Å². The molecule has 0 aliphatic carbocycles. The summed E-state index contributed by atoms with van der Waals surface area (Å²) in [5.74, 6) is 0. The number of methoxy groups -OCH3 is 1. The zero-order valence-electron chi connectivity index (χ0n) is 10.4. The summed E-state index contributed by atoms with van der Waals surface area (Å²) >= 11 is 0. The van der Waals surface area contributed by atoms with Gasteiger partial charge in [-0.15, -0.1) is 5.10 Å². The van der Waals surface area contributed by atoms with Crippen molar-refractivity contribution in [2.75, 3.05) is 26.8 Å². The Hall–Kier alpha value is -1.73. The molecule has 1 N–H and O–H groups in total. The van der Waals surface area contributed by atoms with Crippen LogP contribution in [0.25, 0.3) is 5.65 Å². The number of fused-ring (bicyclic) bond motifs is 1. The van der Waals surface area contributed by atoms with Gasteiger partial charge < -0.3 is 10.1 Å². The van der Waals surface area contributed by atoms with Crippen molar-refractivity contribution in [2.45, 2.75) is 13.0 Å². The maximum absolute atomic E-state index is 11.9. The Balaban J connectivity index is 1.88. The standard InChI is InChI=1S/C11H17N5O2/c1-18-8-5-12-3-2-6-16-11(17)15-7-4-13-9-10(15)14-16/h4,7,9,12H,2-3,5-6,8H2,1H3. The lowest BCUT2D eigenvalue weighted by Gasteiger charge is -2.03. The van der Waals surface area contributed by atoms with E-state index in [4.69, 9.17) is 4.74 Å². The molecule has 0 aliphatic rings. The van der Waals surface area contributed by atoms with Gasteiger partial charge in [-0.1, -0.05) is 0 Å². The normalized spacial score (nSPS) is 11.2. The van der Waals surface area contributed by atoms with Crippen LogP contribution in [0.5, 0.6) is 0 Å². The molecule has 2 aromatic rings. The van der Waals surface area contributed by atoms with Gasteiger partial charge in [0.15, 0.2) is 5.65 Å². The minimum atomic E-state index is -0.121. The number of nitrogens with zero attached hydrogens (tertiary/aromatic N) is 4. The number of hydrogen-bond acceptors (Lipinski definition) is 5. The van der Waals surface area contributed by atoms with Crippen molar-refractivity contribution in [1.82, 2.24) is 24.5 Å². The molecule has 0 amide bonds. The van der Waals surface area contributed by atoms with Gasteiger partial charge in [0.1, 0.15) is 0 Å². The largest absolute Gasteiger partial charge is 0.383 e. The van der Waals surface area contributed by atoms with Crippen LogP contribution in [0.2, 0.25) is 0 Å². The average Bonchev–Trinajstić information content (AvgIpc) is 2.71. The molecule has 0 aromatic carbocycles. The minimum absolute atomic E-state index is 0.121. The van der Waals surface area contributed by atoms with E-state index >= 15 is 0 Å². The van der Waals surface area contributed by atoms with Crippen molar-refractivity contribution in [1.29, 1.82) is 0 Å². The van der Waals surface area contributed by atoms with E-state index in [2.05, 4.69) is 15.4 Å². The summed E-state index contributed by atoms with van der Waals surface area (Å²) in [6, 6.07) is 0. The number of ether oxygens (including phenoxy) is 1. The minimum Gasteiger partial charge on any atom is -0.383 e. The van der Waals surface area contributed by atoms with E-state index < -0.39 is 0 Å². The Kier molecular flexibility index (Phi) is 4.43. The van der Waals surface area contributed by atoms with E-state index in [0.29, 0.717) is 18.8 Å². The van der Waals surface area contributed by atoms with Gasteiger partial charge in [-0.2, -0.15) is 0 Å². The van der Waals surface area contributed by atoms with Gasteiger partial charge in [0, 0.05) is 32.6 Å². The van der Waals surface area contributed by atoms with Crippen LogP contribution in [-0.2, 0) is 11.3 Å². The smallest absolute Gasteiger partial charge is 0.350 e. The van der Waals surface area contributed by atoms with Crippen molar-refractivity contribution in [3.05, 3.63) is 29.1 Å². The molecule has 0 fully saturated rings. The molecular weight excluding hydrogens is 234 g/mol. The number of aromatic nitrogens is 4. The molecule has 2 rings (SSSR count). The van der Waals surface area contributed by atoms with Gasteiger partial charge in [-0.3, -0.25) is 4.98 Å². The first-order valence-corrected chi connectivity index (χ1v) is 5.92. The van der Waals surface area contributed by atoms with E-state index in [1.54, 1.807) is 25.7 Å². The summed E-state index contributed by atoms with van der Waals surface area (Å²) in [7, 11) is 1.67. The lowest BCUT2D eigenvalue weighted by atomic mass is 10.4. The molecule has 0 aliphatic heterocycles. The van der Waals surface area contributed by atoms with Gasteiger partial charge >= 0.3 is 5.69 Å². The summed E-state index contributed by atoms with van der Waals surface area (Å²) in [5.41, 5.74) is 0.458. The topological polar surface area (TPSA) is 73.4 Å². The Morgan fingerprint density at radius 1 is 1.44 bits per heavy atom. The van der Waals surface area contributed by atoms with E-state index in [1.165, 1.54) is 9.08 Å². The van der Waals surface area contributed by atoms with E-state index in [0.717, 1.165) is 19.5 Å². The molecule has 0 saturated heterocycles. The first-order valence-electron chi connectivity index (χ1n) is 5.92. The maximum atomic E-state index is 11.9. The lowest BCUT2D eigenvalue weighted by Crippen LogP contribution is -2.25. The first-order chi connectivity index (χ1) is 8.83. The third-order valence-corrected chi connectivity index (χ3v) is 2.60. The molecule has 0 bridgehead atoms. The summed E-state index contributed by atoms with van der Waals surface area (Å²) < 4.78 is 7.88.